The minimum Gasteiger partial charge on any atom is -0.490 e. The molecule has 2 aliphatic rings. The number of anilines is 1. The molecule has 2 aromatic heterocycles. The normalized spacial score (nSPS) is 18.9. The lowest BCUT2D eigenvalue weighted by Gasteiger charge is -2.36. The fourth-order valence-corrected chi connectivity index (χ4v) is 5.15. The van der Waals surface area contributed by atoms with Crippen LogP contribution in [-0.2, 0) is 11.2 Å². The second kappa shape index (κ2) is 8.69. The van der Waals surface area contributed by atoms with Crippen molar-refractivity contribution in [1.82, 2.24) is 15.0 Å². The van der Waals surface area contributed by atoms with Crippen molar-refractivity contribution < 1.29 is 9.47 Å². The molecule has 4 heterocycles. The summed E-state index contributed by atoms with van der Waals surface area (Å²) in [6, 6.07) is 16.3. The molecule has 0 amide bonds. The molecule has 1 atom stereocenters. The Kier molecular flexibility index (Phi) is 5.40. The molecule has 2 aliphatic heterocycles. The third-order valence-electron chi connectivity index (χ3n) is 6.56. The van der Waals surface area contributed by atoms with E-state index in [9.17, 15) is 0 Å². The van der Waals surface area contributed by atoms with E-state index < -0.39 is 0 Å². The van der Waals surface area contributed by atoms with Gasteiger partial charge in [-0.3, -0.25) is 0 Å². The number of ether oxygens (including phenoxy) is 2. The monoisotopic (exact) mass is 460 g/mol. The largest absolute Gasteiger partial charge is 0.490 e. The highest BCUT2D eigenvalue weighted by Crippen LogP contribution is 2.40. The molecule has 1 unspecified atom stereocenters. The number of nitrogens with zero attached hydrogens (tertiary/aromatic N) is 3. The second-order valence-electron chi connectivity index (χ2n) is 8.60. The highest BCUT2D eigenvalue weighted by Gasteiger charge is 2.33. The molecular formula is C26H25ClN4O2. The molecule has 33 heavy (non-hydrogen) atoms. The van der Waals surface area contributed by atoms with Gasteiger partial charge in [0.25, 0.3) is 0 Å². The van der Waals surface area contributed by atoms with Crippen molar-refractivity contribution in [2.45, 2.75) is 31.4 Å². The summed E-state index contributed by atoms with van der Waals surface area (Å²) >= 11 is 6.33. The molecule has 4 aromatic rings. The first kappa shape index (κ1) is 20.5. The number of rotatable bonds is 4. The van der Waals surface area contributed by atoms with Crippen molar-refractivity contribution in [2.24, 2.45) is 0 Å². The van der Waals surface area contributed by atoms with Crippen molar-refractivity contribution in [1.29, 1.82) is 0 Å². The molecule has 2 aromatic carbocycles. The molecule has 0 radical (unpaired) electrons. The van der Waals surface area contributed by atoms with Gasteiger partial charge >= 0.3 is 0 Å². The summed E-state index contributed by atoms with van der Waals surface area (Å²) < 4.78 is 11.6. The lowest BCUT2D eigenvalue weighted by Crippen LogP contribution is -2.37. The van der Waals surface area contributed by atoms with Crippen LogP contribution in [0.4, 0.5) is 5.95 Å². The van der Waals surface area contributed by atoms with Gasteiger partial charge in [0.15, 0.2) is 0 Å². The Morgan fingerprint density at radius 3 is 2.61 bits per heavy atom. The van der Waals surface area contributed by atoms with Crippen LogP contribution in [0.5, 0.6) is 5.75 Å². The number of hydrogen-bond acceptors (Lipinski definition) is 5. The smallest absolute Gasteiger partial charge is 0.226 e. The van der Waals surface area contributed by atoms with Gasteiger partial charge in [0.2, 0.25) is 5.95 Å². The summed E-state index contributed by atoms with van der Waals surface area (Å²) in [5.41, 5.74) is 4.75. The maximum atomic E-state index is 6.33. The Balaban J connectivity index is 1.39. The number of halogens is 1. The molecule has 6 rings (SSSR count). The maximum absolute atomic E-state index is 6.33. The van der Waals surface area contributed by atoms with Gasteiger partial charge in [-0.05, 0) is 53.9 Å². The van der Waals surface area contributed by atoms with Gasteiger partial charge in [0.05, 0.1) is 19.3 Å². The Bertz CT molecular complexity index is 1250. The quantitative estimate of drug-likeness (QED) is 0.446. The first-order valence-corrected chi connectivity index (χ1v) is 11.8. The fraction of sp³-hybridized carbons (Fsp3) is 0.308. The molecule has 0 saturated carbocycles. The molecule has 0 bridgehead atoms. The van der Waals surface area contributed by atoms with E-state index in [0.29, 0.717) is 0 Å². The van der Waals surface area contributed by atoms with Crippen molar-refractivity contribution in [3.05, 3.63) is 82.8 Å². The van der Waals surface area contributed by atoms with Crippen LogP contribution in [0.1, 0.15) is 35.7 Å². The molecule has 1 fully saturated rings. The van der Waals surface area contributed by atoms with E-state index in [4.69, 9.17) is 21.1 Å². The maximum Gasteiger partial charge on any atom is 0.226 e. The SMILES string of the molecule is Clc1ccc2[nH]c3c(c2c1)CCN(c1ncccn1)C3c1ccc(OC2CCOCC2)cc1. The van der Waals surface area contributed by atoms with Crippen LogP contribution in [0.25, 0.3) is 10.9 Å². The highest BCUT2D eigenvalue weighted by molar-refractivity contribution is 6.31. The van der Waals surface area contributed by atoms with Crippen LogP contribution in [-0.4, -0.2) is 40.8 Å². The van der Waals surface area contributed by atoms with Gasteiger partial charge in [-0.25, -0.2) is 9.97 Å². The number of hydrogen-bond donors (Lipinski definition) is 1. The summed E-state index contributed by atoms with van der Waals surface area (Å²) in [5, 5.41) is 1.94. The van der Waals surface area contributed by atoms with Crippen molar-refractivity contribution in [3.8, 4) is 5.75 Å². The standard InChI is InChI=1S/C26H25ClN4O2/c27-18-4-7-23-22(16-18)21-8-13-31(26-28-11-1-12-29-26)25(24(21)30-23)17-2-5-19(6-3-17)33-20-9-14-32-15-10-20/h1-7,11-12,16,20,25,30H,8-10,13-15H2. The van der Waals surface area contributed by atoms with E-state index in [1.807, 2.05) is 12.1 Å². The molecule has 6 nitrogen and oxygen atoms in total. The van der Waals surface area contributed by atoms with Gasteiger partial charge in [-0.2, -0.15) is 0 Å². The third kappa shape index (κ3) is 3.94. The molecule has 1 saturated heterocycles. The molecule has 0 spiro atoms. The Morgan fingerprint density at radius 2 is 1.82 bits per heavy atom. The van der Waals surface area contributed by atoms with Crippen LogP contribution in [0.15, 0.2) is 60.9 Å². The first-order chi connectivity index (χ1) is 16.3. The highest BCUT2D eigenvalue weighted by atomic mass is 35.5. The van der Waals surface area contributed by atoms with Crippen molar-refractivity contribution >= 4 is 28.5 Å². The summed E-state index contributed by atoms with van der Waals surface area (Å²) in [6.07, 6.45) is 6.58. The second-order valence-corrected chi connectivity index (χ2v) is 9.04. The third-order valence-corrected chi connectivity index (χ3v) is 6.80. The first-order valence-electron chi connectivity index (χ1n) is 11.4. The number of H-pyrrole nitrogens is 1. The molecule has 1 N–H and O–H groups in total. The van der Waals surface area contributed by atoms with Crippen LogP contribution >= 0.6 is 11.6 Å². The minimum atomic E-state index is -0.0283. The Hall–Kier alpha value is -3.09. The topological polar surface area (TPSA) is 63.3 Å². The average Bonchev–Trinajstić information content (AvgIpc) is 3.23. The molecular weight excluding hydrogens is 436 g/mol. The van der Waals surface area contributed by atoms with E-state index in [1.54, 1.807) is 12.4 Å². The van der Waals surface area contributed by atoms with E-state index >= 15 is 0 Å². The average molecular weight is 461 g/mol. The van der Waals surface area contributed by atoms with Gasteiger partial charge in [-0.1, -0.05) is 23.7 Å². The lowest BCUT2D eigenvalue weighted by atomic mass is 9.92. The van der Waals surface area contributed by atoms with Gasteiger partial charge in [0.1, 0.15) is 11.9 Å². The van der Waals surface area contributed by atoms with E-state index in [1.165, 1.54) is 22.2 Å². The summed E-state index contributed by atoms with van der Waals surface area (Å²) in [4.78, 5) is 15.1. The predicted octanol–water partition coefficient (Wildman–Crippen LogP) is 5.32. The molecule has 168 valence electrons. The molecule has 0 aliphatic carbocycles. The number of benzene rings is 2. The van der Waals surface area contributed by atoms with Crippen LogP contribution < -0.4 is 9.64 Å². The van der Waals surface area contributed by atoms with Crippen molar-refractivity contribution in [2.75, 3.05) is 24.7 Å². The minimum absolute atomic E-state index is 0.0283. The number of aromatic amines is 1. The zero-order chi connectivity index (χ0) is 22.2. The van der Waals surface area contributed by atoms with Crippen LogP contribution in [0, 0.1) is 0 Å². The Labute approximate surface area is 197 Å². The molecule has 7 heteroatoms. The lowest BCUT2D eigenvalue weighted by molar-refractivity contribution is 0.0255. The van der Waals surface area contributed by atoms with E-state index in [2.05, 4.69) is 56.3 Å². The summed E-state index contributed by atoms with van der Waals surface area (Å²) in [5.74, 6) is 1.62. The van der Waals surface area contributed by atoms with Crippen molar-refractivity contribution in [3.63, 3.8) is 0 Å². The zero-order valence-electron chi connectivity index (χ0n) is 18.2. The predicted molar refractivity (Wildman–Crippen MR) is 129 cm³/mol. The van der Waals surface area contributed by atoms with Gasteiger partial charge < -0.3 is 19.4 Å². The van der Waals surface area contributed by atoms with Crippen LogP contribution in [0.2, 0.25) is 5.02 Å². The van der Waals surface area contributed by atoms with Crippen LogP contribution in [0.3, 0.4) is 0 Å². The van der Waals surface area contributed by atoms with E-state index in [0.717, 1.165) is 61.3 Å². The number of aromatic nitrogens is 3. The number of nitrogens with one attached hydrogen (secondary N) is 1. The Morgan fingerprint density at radius 1 is 1.03 bits per heavy atom. The number of fused-ring (bicyclic) bond motifs is 3. The van der Waals surface area contributed by atoms with Gasteiger partial charge in [-0.15, -0.1) is 0 Å². The zero-order valence-corrected chi connectivity index (χ0v) is 19.0. The summed E-state index contributed by atoms with van der Waals surface area (Å²) in [7, 11) is 0. The van der Waals surface area contributed by atoms with E-state index in [-0.39, 0.29) is 12.1 Å². The summed E-state index contributed by atoms with van der Waals surface area (Å²) in [6.45, 7) is 2.36. The fourth-order valence-electron chi connectivity index (χ4n) is 4.98. The van der Waals surface area contributed by atoms with Gasteiger partial charge in [0, 0.05) is 53.4 Å².